The van der Waals surface area contributed by atoms with E-state index < -0.39 is 6.04 Å². The first-order chi connectivity index (χ1) is 9.20. The number of hydrogen-bond acceptors (Lipinski definition) is 3. The monoisotopic (exact) mass is 255 g/mol. The van der Waals surface area contributed by atoms with Gasteiger partial charge in [-0.1, -0.05) is 30.3 Å². The van der Waals surface area contributed by atoms with Crippen LogP contribution in [0.2, 0.25) is 0 Å². The van der Waals surface area contributed by atoms with Crippen molar-refractivity contribution in [2.24, 2.45) is 0 Å². The van der Waals surface area contributed by atoms with Gasteiger partial charge in [-0.15, -0.1) is 0 Å². The molecule has 1 saturated heterocycles. The highest BCUT2D eigenvalue weighted by molar-refractivity contribution is 6.08. The van der Waals surface area contributed by atoms with Gasteiger partial charge in [-0.2, -0.15) is 0 Å². The summed E-state index contributed by atoms with van der Waals surface area (Å²) in [5.74, 6) is 0.803. The summed E-state index contributed by atoms with van der Waals surface area (Å²) in [5, 5.41) is 15.1. The van der Waals surface area contributed by atoms with Crippen LogP contribution in [0.4, 0.5) is 4.79 Å². The largest absolute Gasteiger partial charge is 0.496 e. The molecule has 0 radical (unpaired) electrons. The van der Waals surface area contributed by atoms with Gasteiger partial charge in [0.2, 0.25) is 0 Å². The third-order valence-electron chi connectivity index (χ3n) is 3.25. The Morgan fingerprint density at radius 3 is 2.68 bits per heavy atom. The average molecular weight is 255 g/mol. The lowest BCUT2D eigenvalue weighted by atomic mass is 9.97. The molecule has 5 heteroatoms. The molecule has 0 saturated carbocycles. The van der Waals surface area contributed by atoms with Crippen LogP contribution in [0, 0.1) is 5.41 Å². The fraction of sp³-hybridized carbons (Fsp3) is 0.143. The Hall–Kier alpha value is -2.56. The Labute approximate surface area is 110 Å². The maximum absolute atomic E-state index is 11.4. The molecular formula is C14H13N3O2. The van der Waals surface area contributed by atoms with Crippen molar-refractivity contribution in [3.05, 3.63) is 42.0 Å². The highest BCUT2D eigenvalue weighted by Crippen LogP contribution is 2.34. The highest BCUT2D eigenvalue weighted by Gasteiger charge is 2.31. The van der Waals surface area contributed by atoms with E-state index in [1.807, 2.05) is 36.4 Å². The number of amides is 2. The smallest absolute Gasteiger partial charge is 0.321 e. The second-order valence-electron chi connectivity index (χ2n) is 4.35. The summed E-state index contributed by atoms with van der Waals surface area (Å²) < 4.78 is 5.37. The molecule has 0 spiro atoms. The predicted molar refractivity (Wildman–Crippen MR) is 72.6 cm³/mol. The van der Waals surface area contributed by atoms with E-state index in [9.17, 15) is 4.79 Å². The van der Waals surface area contributed by atoms with Crippen molar-refractivity contribution in [1.82, 2.24) is 10.6 Å². The van der Waals surface area contributed by atoms with Gasteiger partial charge in [-0.25, -0.2) is 4.79 Å². The molecule has 0 bridgehead atoms. The number of amidine groups is 1. The van der Waals surface area contributed by atoms with Crippen LogP contribution in [0.15, 0.2) is 36.4 Å². The van der Waals surface area contributed by atoms with Crippen molar-refractivity contribution in [2.75, 3.05) is 7.11 Å². The van der Waals surface area contributed by atoms with Gasteiger partial charge in [0.25, 0.3) is 0 Å². The minimum absolute atomic E-state index is 0.139. The first kappa shape index (κ1) is 11.5. The molecular weight excluding hydrogens is 242 g/mol. The Kier molecular flexibility index (Phi) is 2.59. The van der Waals surface area contributed by atoms with Gasteiger partial charge in [0.15, 0.2) is 0 Å². The first-order valence-electron chi connectivity index (χ1n) is 5.92. The molecule has 1 aliphatic heterocycles. The maximum Gasteiger partial charge on any atom is 0.321 e. The lowest BCUT2D eigenvalue weighted by molar-refractivity contribution is 0.248. The quantitative estimate of drug-likeness (QED) is 0.769. The van der Waals surface area contributed by atoms with Gasteiger partial charge in [0.1, 0.15) is 17.6 Å². The van der Waals surface area contributed by atoms with Crippen molar-refractivity contribution in [1.29, 1.82) is 5.41 Å². The molecule has 2 aromatic carbocycles. The van der Waals surface area contributed by atoms with E-state index in [-0.39, 0.29) is 11.9 Å². The maximum atomic E-state index is 11.4. The minimum atomic E-state index is -0.492. The van der Waals surface area contributed by atoms with Crippen molar-refractivity contribution in [3.63, 3.8) is 0 Å². The van der Waals surface area contributed by atoms with Crippen LogP contribution in [-0.2, 0) is 0 Å². The zero-order valence-electron chi connectivity index (χ0n) is 10.4. The van der Waals surface area contributed by atoms with Crippen molar-refractivity contribution < 1.29 is 9.53 Å². The Morgan fingerprint density at radius 2 is 2.00 bits per heavy atom. The summed E-state index contributed by atoms with van der Waals surface area (Å²) in [5.41, 5.74) is 0.809. The molecule has 2 amide bonds. The van der Waals surface area contributed by atoms with Crippen LogP contribution in [-0.4, -0.2) is 19.0 Å². The van der Waals surface area contributed by atoms with Gasteiger partial charge in [0.05, 0.1) is 7.11 Å². The molecule has 1 heterocycles. The Morgan fingerprint density at radius 1 is 1.21 bits per heavy atom. The Bertz CT molecular complexity index is 681. The number of ether oxygens (including phenoxy) is 1. The first-order valence-corrected chi connectivity index (χ1v) is 5.92. The second-order valence-corrected chi connectivity index (χ2v) is 4.35. The van der Waals surface area contributed by atoms with Crippen LogP contribution in [0.3, 0.4) is 0 Å². The number of benzene rings is 2. The van der Waals surface area contributed by atoms with Crippen molar-refractivity contribution in [2.45, 2.75) is 6.04 Å². The fourth-order valence-electron chi connectivity index (χ4n) is 2.40. The molecule has 96 valence electrons. The summed E-state index contributed by atoms with van der Waals surface area (Å²) in [6.45, 7) is 0. The number of fused-ring (bicyclic) bond motifs is 1. The SMILES string of the molecule is COc1ccc2ccccc2c1C1NC(=O)NC1=N. The van der Waals surface area contributed by atoms with Gasteiger partial charge in [-0.3, -0.25) is 10.7 Å². The van der Waals surface area contributed by atoms with E-state index in [1.54, 1.807) is 7.11 Å². The summed E-state index contributed by atoms with van der Waals surface area (Å²) >= 11 is 0. The van der Waals surface area contributed by atoms with Gasteiger partial charge >= 0.3 is 6.03 Å². The second kappa shape index (κ2) is 4.28. The molecule has 2 aromatic rings. The molecule has 0 aliphatic carbocycles. The number of carbonyl (C=O) groups is 1. The highest BCUT2D eigenvalue weighted by atomic mass is 16.5. The van der Waals surface area contributed by atoms with E-state index >= 15 is 0 Å². The number of carbonyl (C=O) groups excluding carboxylic acids is 1. The van der Waals surface area contributed by atoms with Gasteiger partial charge < -0.3 is 10.1 Å². The van der Waals surface area contributed by atoms with Crippen LogP contribution in [0.25, 0.3) is 10.8 Å². The standard InChI is InChI=1S/C14H13N3O2/c1-19-10-7-6-8-4-2-3-5-9(8)11(10)12-13(15)17-14(18)16-12/h2-7,12H,1H3,(H3,15,16,17,18). The number of methoxy groups -OCH3 is 1. The molecule has 1 aliphatic rings. The van der Waals surface area contributed by atoms with Gasteiger partial charge in [0, 0.05) is 5.56 Å². The third-order valence-corrected chi connectivity index (χ3v) is 3.25. The van der Waals surface area contributed by atoms with E-state index in [0.29, 0.717) is 5.75 Å². The molecule has 0 aromatic heterocycles. The Balaban J connectivity index is 2.25. The molecule has 1 fully saturated rings. The van der Waals surface area contributed by atoms with E-state index in [0.717, 1.165) is 16.3 Å². The predicted octanol–water partition coefficient (Wildman–Crippen LogP) is 2.18. The third kappa shape index (κ3) is 1.79. The molecule has 5 nitrogen and oxygen atoms in total. The van der Waals surface area contributed by atoms with Crippen molar-refractivity contribution in [3.8, 4) is 5.75 Å². The summed E-state index contributed by atoms with van der Waals surface area (Å²) in [7, 11) is 1.58. The summed E-state index contributed by atoms with van der Waals surface area (Å²) in [6, 6.07) is 10.8. The normalized spacial score (nSPS) is 18.3. The van der Waals surface area contributed by atoms with E-state index in [4.69, 9.17) is 10.1 Å². The molecule has 1 unspecified atom stereocenters. The molecule has 19 heavy (non-hydrogen) atoms. The van der Waals surface area contributed by atoms with Crippen LogP contribution >= 0.6 is 0 Å². The molecule has 1 atom stereocenters. The zero-order valence-corrected chi connectivity index (χ0v) is 10.4. The number of rotatable bonds is 2. The van der Waals surface area contributed by atoms with Crippen LogP contribution < -0.4 is 15.4 Å². The van der Waals surface area contributed by atoms with Gasteiger partial charge in [-0.05, 0) is 16.8 Å². The average Bonchev–Trinajstić information content (AvgIpc) is 2.76. The minimum Gasteiger partial charge on any atom is -0.496 e. The van der Waals surface area contributed by atoms with E-state index in [1.165, 1.54) is 0 Å². The lowest BCUT2D eigenvalue weighted by Gasteiger charge is -2.16. The van der Waals surface area contributed by atoms with E-state index in [2.05, 4.69) is 10.6 Å². The van der Waals surface area contributed by atoms with Crippen molar-refractivity contribution >= 4 is 22.6 Å². The number of hydrogen-bond donors (Lipinski definition) is 3. The summed E-state index contributed by atoms with van der Waals surface area (Å²) in [4.78, 5) is 11.4. The summed E-state index contributed by atoms with van der Waals surface area (Å²) in [6.07, 6.45) is 0. The lowest BCUT2D eigenvalue weighted by Crippen LogP contribution is -2.22. The fourth-order valence-corrected chi connectivity index (χ4v) is 2.40. The zero-order chi connectivity index (χ0) is 13.4. The van der Waals surface area contributed by atoms with Crippen LogP contribution in [0.5, 0.6) is 5.75 Å². The molecule has 3 N–H and O–H groups in total. The number of urea groups is 1. The number of nitrogens with one attached hydrogen (secondary N) is 3. The topological polar surface area (TPSA) is 74.2 Å². The molecule has 3 rings (SSSR count). The van der Waals surface area contributed by atoms with Crippen LogP contribution in [0.1, 0.15) is 11.6 Å².